The van der Waals surface area contributed by atoms with Crippen molar-refractivity contribution in [2.45, 2.75) is 32.1 Å². The lowest BCUT2D eigenvalue weighted by atomic mass is 9.74. The first-order chi connectivity index (χ1) is 11.9. The molecule has 1 fully saturated rings. The van der Waals surface area contributed by atoms with Crippen molar-refractivity contribution in [2.24, 2.45) is 5.41 Å². The molecule has 2 N–H and O–H groups in total. The minimum atomic E-state index is -0.898. The Morgan fingerprint density at radius 3 is 2.52 bits per heavy atom. The molecule has 0 aliphatic heterocycles. The van der Waals surface area contributed by atoms with E-state index < -0.39 is 16.3 Å². The maximum Gasteiger partial charge on any atom is 0.311 e. The molecule has 0 heterocycles. The molecule has 0 unspecified atom stereocenters. The number of carbonyl (C=O) groups is 2. The van der Waals surface area contributed by atoms with E-state index in [9.17, 15) is 24.8 Å². The van der Waals surface area contributed by atoms with Gasteiger partial charge in [0.1, 0.15) is 5.69 Å². The topological polar surface area (TPSA) is 113 Å². The van der Waals surface area contributed by atoms with E-state index in [2.05, 4.69) is 5.32 Å². The number of nitrogens with zero attached hydrogens (tertiary/aromatic N) is 2. The summed E-state index contributed by atoms with van der Waals surface area (Å²) < 4.78 is 0. The van der Waals surface area contributed by atoms with E-state index in [1.807, 2.05) is 0 Å². The Bertz CT molecular complexity index is 655. The van der Waals surface area contributed by atoms with E-state index in [-0.39, 0.29) is 24.7 Å². The number of carbonyl (C=O) groups excluding carboxylic acids is 1. The SMILES string of the molecule is CN(CC(=O)NCC1(C(=O)O)CCCCC1)c1ccccc1[N+](=O)[O-]. The van der Waals surface area contributed by atoms with Crippen LogP contribution in [0, 0.1) is 15.5 Å². The number of nitro benzene ring substituents is 1. The molecule has 1 aromatic carbocycles. The fourth-order valence-electron chi connectivity index (χ4n) is 3.26. The first-order valence-corrected chi connectivity index (χ1v) is 8.30. The van der Waals surface area contributed by atoms with Gasteiger partial charge >= 0.3 is 5.97 Å². The summed E-state index contributed by atoms with van der Waals surface area (Å²) in [7, 11) is 1.59. The molecule has 2 rings (SSSR count). The highest BCUT2D eigenvalue weighted by atomic mass is 16.6. The highest BCUT2D eigenvalue weighted by Crippen LogP contribution is 2.36. The summed E-state index contributed by atoms with van der Waals surface area (Å²) in [6, 6.07) is 6.18. The van der Waals surface area contributed by atoms with Crippen molar-refractivity contribution in [3.8, 4) is 0 Å². The number of hydrogen-bond donors (Lipinski definition) is 2. The number of rotatable bonds is 7. The molecule has 1 aromatic rings. The largest absolute Gasteiger partial charge is 0.481 e. The van der Waals surface area contributed by atoms with Crippen LogP contribution in [0.25, 0.3) is 0 Å². The third-order valence-electron chi connectivity index (χ3n) is 4.76. The van der Waals surface area contributed by atoms with Crippen molar-refractivity contribution in [1.82, 2.24) is 5.32 Å². The number of carboxylic acid groups (broad SMARTS) is 1. The van der Waals surface area contributed by atoms with E-state index in [1.165, 1.54) is 11.0 Å². The summed E-state index contributed by atoms with van der Waals surface area (Å²) in [5.41, 5.74) is -0.633. The van der Waals surface area contributed by atoms with E-state index in [0.29, 0.717) is 18.5 Å². The van der Waals surface area contributed by atoms with Gasteiger partial charge < -0.3 is 15.3 Å². The number of nitrogens with one attached hydrogen (secondary N) is 1. The normalized spacial score (nSPS) is 16.0. The van der Waals surface area contributed by atoms with Crippen LogP contribution in [-0.2, 0) is 9.59 Å². The molecule has 0 spiro atoms. The molecule has 0 radical (unpaired) electrons. The fourth-order valence-corrected chi connectivity index (χ4v) is 3.26. The van der Waals surface area contributed by atoms with Gasteiger partial charge in [0, 0.05) is 19.7 Å². The Labute approximate surface area is 146 Å². The fraction of sp³-hybridized carbons (Fsp3) is 0.529. The Morgan fingerprint density at radius 2 is 1.92 bits per heavy atom. The van der Waals surface area contributed by atoms with Crippen LogP contribution in [0.3, 0.4) is 0 Å². The lowest BCUT2D eigenvalue weighted by Crippen LogP contribution is -2.46. The molecule has 8 heteroatoms. The number of carboxylic acids is 1. The van der Waals surface area contributed by atoms with Gasteiger partial charge in [-0.2, -0.15) is 0 Å². The van der Waals surface area contributed by atoms with Gasteiger partial charge in [-0.1, -0.05) is 31.4 Å². The number of para-hydroxylation sites is 2. The van der Waals surface area contributed by atoms with E-state index >= 15 is 0 Å². The minimum absolute atomic E-state index is 0.0768. The van der Waals surface area contributed by atoms with Crippen molar-refractivity contribution < 1.29 is 19.6 Å². The number of amides is 1. The molecular formula is C17H23N3O5. The number of likely N-dealkylation sites (N-methyl/N-ethyl adjacent to an activating group) is 1. The second kappa shape index (κ2) is 7.96. The predicted octanol–water partition coefficient (Wildman–Crippen LogP) is 2.18. The monoisotopic (exact) mass is 349 g/mol. The van der Waals surface area contributed by atoms with Gasteiger partial charge in [-0.15, -0.1) is 0 Å². The third kappa shape index (κ3) is 4.46. The molecule has 1 aliphatic rings. The number of benzene rings is 1. The van der Waals surface area contributed by atoms with Gasteiger partial charge in [0.25, 0.3) is 5.69 Å². The van der Waals surface area contributed by atoms with Gasteiger partial charge in [-0.3, -0.25) is 19.7 Å². The molecule has 0 bridgehead atoms. The highest BCUT2D eigenvalue weighted by molar-refractivity contribution is 5.83. The summed E-state index contributed by atoms with van der Waals surface area (Å²) >= 11 is 0. The number of nitro groups is 1. The average molecular weight is 349 g/mol. The summed E-state index contributed by atoms with van der Waals surface area (Å²) in [6.45, 7) is 0.00639. The molecule has 1 saturated carbocycles. The van der Waals surface area contributed by atoms with Gasteiger partial charge in [0.15, 0.2) is 0 Å². The van der Waals surface area contributed by atoms with Crippen molar-refractivity contribution in [3.05, 3.63) is 34.4 Å². The molecule has 1 amide bonds. The summed E-state index contributed by atoms with van der Waals surface area (Å²) in [5, 5.41) is 23.3. The van der Waals surface area contributed by atoms with Crippen LogP contribution in [-0.4, -0.2) is 42.0 Å². The smallest absolute Gasteiger partial charge is 0.311 e. The summed E-state index contributed by atoms with van der Waals surface area (Å²) in [4.78, 5) is 35.9. The van der Waals surface area contributed by atoms with Crippen LogP contribution < -0.4 is 10.2 Å². The van der Waals surface area contributed by atoms with Crippen molar-refractivity contribution >= 4 is 23.3 Å². The number of hydrogen-bond acceptors (Lipinski definition) is 5. The summed E-state index contributed by atoms with van der Waals surface area (Å²) in [6.07, 6.45) is 3.82. The third-order valence-corrected chi connectivity index (χ3v) is 4.76. The second-order valence-corrected chi connectivity index (χ2v) is 6.52. The van der Waals surface area contributed by atoms with Crippen molar-refractivity contribution in [3.63, 3.8) is 0 Å². The van der Waals surface area contributed by atoms with E-state index in [4.69, 9.17) is 0 Å². The van der Waals surface area contributed by atoms with Crippen LogP contribution in [0.4, 0.5) is 11.4 Å². The molecule has 1 aliphatic carbocycles. The van der Waals surface area contributed by atoms with Gasteiger partial charge in [-0.25, -0.2) is 0 Å². The first-order valence-electron chi connectivity index (χ1n) is 8.30. The lowest BCUT2D eigenvalue weighted by Gasteiger charge is -2.33. The van der Waals surface area contributed by atoms with Crippen LogP contribution in [0.1, 0.15) is 32.1 Å². The Hall–Kier alpha value is -2.64. The van der Waals surface area contributed by atoms with E-state index in [1.54, 1.807) is 25.2 Å². The molecule has 0 atom stereocenters. The number of anilines is 1. The molecular weight excluding hydrogens is 326 g/mol. The van der Waals surface area contributed by atoms with Gasteiger partial charge in [0.2, 0.25) is 5.91 Å². The van der Waals surface area contributed by atoms with Gasteiger partial charge in [-0.05, 0) is 18.9 Å². The predicted molar refractivity (Wildman–Crippen MR) is 92.5 cm³/mol. The standard InChI is InChI=1S/C17H23N3O5/c1-19(13-7-3-4-8-14(13)20(24)25)11-15(21)18-12-17(16(22)23)9-5-2-6-10-17/h3-4,7-8H,2,5-6,9-12H2,1H3,(H,18,21)(H,22,23). The lowest BCUT2D eigenvalue weighted by molar-refractivity contribution is -0.384. The van der Waals surface area contributed by atoms with Crippen LogP contribution >= 0.6 is 0 Å². The maximum absolute atomic E-state index is 12.2. The molecule has 0 saturated heterocycles. The van der Waals surface area contributed by atoms with Crippen LogP contribution in [0.5, 0.6) is 0 Å². The zero-order chi connectivity index (χ0) is 18.4. The Kier molecular flexibility index (Phi) is 5.95. The van der Waals surface area contributed by atoms with Gasteiger partial charge in [0.05, 0.1) is 16.9 Å². The Balaban J connectivity index is 1.98. The zero-order valence-electron chi connectivity index (χ0n) is 14.2. The molecule has 0 aromatic heterocycles. The van der Waals surface area contributed by atoms with Crippen molar-refractivity contribution in [1.29, 1.82) is 0 Å². The quantitative estimate of drug-likeness (QED) is 0.576. The molecule has 25 heavy (non-hydrogen) atoms. The molecule has 136 valence electrons. The second-order valence-electron chi connectivity index (χ2n) is 6.52. The Morgan fingerprint density at radius 1 is 1.28 bits per heavy atom. The average Bonchev–Trinajstić information content (AvgIpc) is 2.60. The zero-order valence-corrected chi connectivity index (χ0v) is 14.2. The maximum atomic E-state index is 12.2. The van der Waals surface area contributed by atoms with Crippen LogP contribution in [0.2, 0.25) is 0 Å². The van der Waals surface area contributed by atoms with E-state index in [0.717, 1.165) is 19.3 Å². The number of aliphatic carboxylic acids is 1. The minimum Gasteiger partial charge on any atom is -0.481 e. The highest BCUT2D eigenvalue weighted by Gasteiger charge is 2.39. The van der Waals surface area contributed by atoms with Crippen LogP contribution in [0.15, 0.2) is 24.3 Å². The summed E-state index contributed by atoms with van der Waals surface area (Å²) in [5.74, 6) is -1.23. The molecule has 8 nitrogen and oxygen atoms in total. The van der Waals surface area contributed by atoms with Crippen molar-refractivity contribution in [2.75, 3.05) is 25.0 Å². The first kappa shape index (κ1) is 18.7.